The van der Waals surface area contributed by atoms with Gasteiger partial charge in [0.05, 0.1) is 13.2 Å². The third-order valence-electron chi connectivity index (χ3n) is 0.616. The maximum atomic E-state index is 4.98. The number of hydrogen-bond acceptors (Lipinski definition) is 1. The minimum Gasteiger partial charge on any atom is -0.377 e. The molecule has 0 aliphatic rings. The van der Waals surface area contributed by atoms with Crippen LogP contribution in [-0.4, -0.2) is 13.2 Å². The highest BCUT2D eigenvalue weighted by molar-refractivity contribution is 4.85. The van der Waals surface area contributed by atoms with Crippen LogP contribution in [0.2, 0.25) is 0 Å². The Labute approximate surface area is 50.7 Å². The zero-order valence-corrected chi connectivity index (χ0v) is 4.97. The summed E-state index contributed by atoms with van der Waals surface area (Å²) in [6.45, 7) is 8.24. The van der Waals surface area contributed by atoms with E-state index in [-0.39, 0.29) is 0 Å². The van der Waals surface area contributed by atoms with Crippen molar-refractivity contribution in [3.8, 4) is 0 Å². The van der Waals surface area contributed by atoms with E-state index in [9.17, 15) is 0 Å². The Morgan fingerprint density at radius 3 is 2.50 bits per heavy atom. The standard InChI is InChI=1S/C7H11O/c1-3-5-7-8-6-4-2/h3-5H,1-2,6-7H2. The van der Waals surface area contributed by atoms with Crippen LogP contribution in [-0.2, 0) is 4.74 Å². The van der Waals surface area contributed by atoms with E-state index in [1.807, 2.05) is 6.42 Å². The monoisotopic (exact) mass is 111 g/mol. The summed E-state index contributed by atoms with van der Waals surface area (Å²) in [7, 11) is 0. The third kappa shape index (κ3) is 5.44. The van der Waals surface area contributed by atoms with Gasteiger partial charge in [0, 0.05) is 6.42 Å². The molecule has 0 unspecified atom stereocenters. The largest absolute Gasteiger partial charge is 0.377 e. The van der Waals surface area contributed by atoms with Crippen molar-refractivity contribution in [2.45, 2.75) is 0 Å². The number of rotatable bonds is 5. The molecule has 0 aliphatic heterocycles. The summed E-state index contributed by atoms with van der Waals surface area (Å²) in [6, 6.07) is 0. The van der Waals surface area contributed by atoms with Gasteiger partial charge in [-0.1, -0.05) is 12.2 Å². The second kappa shape index (κ2) is 6.44. The van der Waals surface area contributed by atoms with E-state index in [4.69, 9.17) is 4.74 Å². The molecule has 0 amide bonds. The van der Waals surface area contributed by atoms with Crippen LogP contribution in [0.25, 0.3) is 0 Å². The lowest BCUT2D eigenvalue weighted by Gasteiger charge is -1.93. The van der Waals surface area contributed by atoms with Gasteiger partial charge >= 0.3 is 0 Å². The SMILES string of the molecule is C=C[CH]COCC=C. The van der Waals surface area contributed by atoms with Gasteiger partial charge in [-0.25, -0.2) is 0 Å². The molecule has 0 saturated heterocycles. The molecule has 0 N–H and O–H groups in total. The van der Waals surface area contributed by atoms with E-state index in [0.29, 0.717) is 13.2 Å². The first-order valence-electron chi connectivity index (χ1n) is 2.54. The normalized spacial score (nSPS) is 8.50. The van der Waals surface area contributed by atoms with Gasteiger partial charge < -0.3 is 4.74 Å². The minimum absolute atomic E-state index is 0.615. The Hall–Kier alpha value is -0.560. The van der Waals surface area contributed by atoms with Crippen LogP contribution in [0.1, 0.15) is 0 Å². The molecular weight excluding hydrogens is 100 g/mol. The smallest absolute Gasteiger partial charge is 0.0645 e. The Morgan fingerprint density at radius 2 is 2.00 bits per heavy atom. The lowest BCUT2D eigenvalue weighted by atomic mass is 10.5. The second-order valence-corrected chi connectivity index (χ2v) is 1.30. The van der Waals surface area contributed by atoms with Crippen LogP contribution in [0.3, 0.4) is 0 Å². The maximum absolute atomic E-state index is 4.98. The van der Waals surface area contributed by atoms with Crippen LogP contribution in [0.5, 0.6) is 0 Å². The molecule has 1 heteroatoms. The molecule has 0 fully saturated rings. The zero-order chi connectivity index (χ0) is 6.24. The summed E-state index contributed by atoms with van der Waals surface area (Å²) in [5, 5.41) is 0. The van der Waals surface area contributed by atoms with Gasteiger partial charge in [0.15, 0.2) is 0 Å². The van der Waals surface area contributed by atoms with Crippen LogP contribution in [0, 0.1) is 6.42 Å². The van der Waals surface area contributed by atoms with Gasteiger partial charge in [-0.05, 0) is 0 Å². The van der Waals surface area contributed by atoms with Crippen LogP contribution >= 0.6 is 0 Å². The molecule has 45 valence electrons. The van der Waals surface area contributed by atoms with Crippen molar-refractivity contribution in [3.05, 3.63) is 31.7 Å². The quantitative estimate of drug-likeness (QED) is 0.386. The molecule has 0 aromatic rings. The number of hydrogen-bond donors (Lipinski definition) is 0. The van der Waals surface area contributed by atoms with E-state index in [1.54, 1.807) is 12.2 Å². The van der Waals surface area contributed by atoms with Gasteiger partial charge in [-0.3, -0.25) is 0 Å². The van der Waals surface area contributed by atoms with E-state index in [2.05, 4.69) is 13.2 Å². The average molecular weight is 111 g/mol. The van der Waals surface area contributed by atoms with Crippen LogP contribution in [0.4, 0.5) is 0 Å². The van der Waals surface area contributed by atoms with Crippen molar-refractivity contribution in [1.82, 2.24) is 0 Å². The summed E-state index contributed by atoms with van der Waals surface area (Å²) >= 11 is 0. The highest BCUT2D eigenvalue weighted by Crippen LogP contribution is 1.79. The lowest BCUT2D eigenvalue weighted by Crippen LogP contribution is -1.91. The van der Waals surface area contributed by atoms with Gasteiger partial charge in [-0.15, -0.1) is 13.2 Å². The molecule has 0 atom stereocenters. The molecule has 0 heterocycles. The molecule has 1 radical (unpaired) electrons. The molecule has 0 saturated carbocycles. The van der Waals surface area contributed by atoms with E-state index < -0.39 is 0 Å². The van der Waals surface area contributed by atoms with E-state index >= 15 is 0 Å². The Balaban J connectivity index is 2.71. The summed E-state index contributed by atoms with van der Waals surface area (Å²) in [4.78, 5) is 0. The van der Waals surface area contributed by atoms with E-state index in [0.717, 1.165) is 0 Å². The Morgan fingerprint density at radius 1 is 1.25 bits per heavy atom. The van der Waals surface area contributed by atoms with Gasteiger partial charge in [0.25, 0.3) is 0 Å². The van der Waals surface area contributed by atoms with Crippen molar-refractivity contribution >= 4 is 0 Å². The van der Waals surface area contributed by atoms with Crippen molar-refractivity contribution in [3.63, 3.8) is 0 Å². The van der Waals surface area contributed by atoms with Crippen molar-refractivity contribution < 1.29 is 4.74 Å². The highest BCUT2D eigenvalue weighted by Gasteiger charge is 1.77. The first kappa shape index (κ1) is 7.44. The average Bonchev–Trinajstić information content (AvgIpc) is 1.81. The maximum Gasteiger partial charge on any atom is 0.0645 e. The topological polar surface area (TPSA) is 9.23 Å². The second-order valence-electron chi connectivity index (χ2n) is 1.30. The third-order valence-corrected chi connectivity index (χ3v) is 0.616. The summed E-state index contributed by atoms with van der Waals surface area (Å²) in [6.07, 6.45) is 5.28. The van der Waals surface area contributed by atoms with Crippen LogP contribution < -0.4 is 0 Å². The van der Waals surface area contributed by atoms with Crippen molar-refractivity contribution in [2.75, 3.05) is 13.2 Å². The predicted molar refractivity (Wildman–Crippen MR) is 35.5 cm³/mol. The van der Waals surface area contributed by atoms with Gasteiger partial charge in [-0.2, -0.15) is 0 Å². The zero-order valence-electron chi connectivity index (χ0n) is 4.97. The molecule has 0 aromatic heterocycles. The summed E-state index contributed by atoms with van der Waals surface area (Å²) < 4.78 is 4.98. The number of ether oxygens (including phenoxy) is 1. The minimum atomic E-state index is 0.615. The summed E-state index contributed by atoms with van der Waals surface area (Å²) in [5.74, 6) is 0. The molecule has 1 nitrogen and oxygen atoms in total. The van der Waals surface area contributed by atoms with Crippen LogP contribution in [0.15, 0.2) is 25.3 Å². The highest BCUT2D eigenvalue weighted by atomic mass is 16.5. The van der Waals surface area contributed by atoms with Gasteiger partial charge in [0.1, 0.15) is 0 Å². The molecular formula is C7H11O. The molecule has 0 aliphatic carbocycles. The molecule has 0 rings (SSSR count). The first-order valence-corrected chi connectivity index (χ1v) is 2.54. The fraction of sp³-hybridized carbons (Fsp3) is 0.286. The van der Waals surface area contributed by atoms with Crippen molar-refractivity contribution in [2.24, 2.45) is 0 Å². The molecule has 8 heavy (non-hydrogen) atoms. The Bertz CT molecular complexity index is 56.8. The molecule has 0 spiro atoms. The molecule has 0 aromatic carbocycles. The Kier molecular flexibility index (Phi) is 5.99. The predicted octanol–water partition coefficient (Wildman–Crippen LogP) is 1.58. The van der Waals surface area contributed by atoms with Crippen molar-refractivity contribution in [1.29, 1.82) is 0 Å². The van der Waals surface area contributed by atoms with Gasteiger partial charge in [0.2, 0.25) is 0 Å². The fourth-order valence-electron chi connectivity index (χ4n) is 0.287. The lowest BCUT2D eigenvalue weighted by molar-refractivity contribution is 0.187. The fourth-order valence-corrected chi connectivity index (χ4v) is 0.287. The summed E-state index contributed by atoms with van der Waals surface area (Å²) in [5.41, 5.74) is 0. The first-order chi connectivity index (χ1) is 3.91. The molecule has 0 bridgehead atoms. The van der Waals surface area contributed by atoms with E-state index in [1.165, 1.54) is 0 Å².